The van der Waals surface area contributed by atoms with Gasteiger partial charge in [0, 0.05) is 30.9 Å². The third-order valence-corrected chi connectivity index (χ3v) is 5.59. The molecule has 0 radical (unpaired) electrons. The van der Waals surface area contributed by atoms with E-state index >= 15 is 0 Å². The first-order valence-corrected chi connectivity index (χ1v) is 9.42. The van der Waals surface area contributed by atoms with Crippen molar-refractivity contribution in [3.05, 3.63) is 11.1 Å². The number of halogens is 3. The van der Waals surface area contributed by atoms with Crippen LogP contribution >= 0.6 is 11.3 Å². The Kier molecular flexibility index (Phi) is 5.96. The maximum Gasteiger partial charge on any atom is 0.391 e. The monoisotopic (exact) mass is 377 g/mol. The molecule has 1 saturated carbocycles. The number of ether oxygens (including phenoxy) is 1. The lowest BCUT2D eigenvalue weighted by Gasteiger charge is -2.29. The molecule has 1 aromatic rings. The van der Waals surface area contributed by atoms with Gasteiger partial charge in [0.15, 0.2) is 5.13 Å². The van der Waals surface area contributed by atoms with E-state index in [1.165, 1.54) is 11.3 Å². The smallest absolute Gasteiger partial charge is 0.379 e. The van der Waals surface area contributed by atoms with E-state index in [0.717, 1.165) is 18.8 Å². The third kappa shape index (κ3) is 5.15. The zero-order valence-electron chi connectivity index (χ0n) is 13.8. The van der Waals surface area contributed by atoms with Crippen LogP contribution in [0.4, 0.5) is 18.3 Å². The minimum absolute atomic E-state index is 0.119. The topological polar surface area (TPSA) is 54.5 Å². The average Bonchev–Trinajstić information content (AvgIpc) is 3.02. The number of anilines is 1. The number of carbonyl (C=O) groups is 1. The van der Waals surface area contributed by atoms with Crippen molar-refractivity contribution in [1.82, 2.24) is 9.88 Å². The van der Waals surface area contributed by atoms with Gasteiger partial charge in [-0.2, -0.15) is 13.2 Å². The summed E-state index contributed by atoms with van der Waals surface area (Å²) in [5, 5.41) is 5.04. The molecule has 1 aromatic heterocycles. The lowest BCUT2D eigenvalue weighted by molar-refractivity contribution is -0.185. The van der Waals surface area contributed by atoms with Crippen molar-refractivity contribution in [3.63, 3.8) is 0 Å². The van der Waals surface area contributed by atoms with Crippen LogP contribution in [0.1, 0.15) is 31.4 Å². The predicted molar refractivity (Wildman–Crippen MR) is 88.3 cm³/mol. The number of aromatic nitrogens is 1. The number of carbonyl (C=O) groups excluding carboxylic acids is 1. The Bertz CT molecular complexity index is 587. The van der Waals surface area contributed by atoms with Gasteiger partial charge < -0.3 is 10.1 Å². The second-order valence-corrected chi connectivity index (χ2v) is 7.48. The van der Waals surface area contributed by atoms with Crippen molar-refractivity contribution in [3.8, 4) is 0 Å². The van der Waals surface area contributed by atoms with Crippen LogP contribution in [0, 0.1) is 11.8 Å². The second kappa shape index (κ2) is 8.01. The number of alkyl halides is 3. The fourth-order valence-electron chi connectivity index (χ4n) is 3.36. The summed E-state index contributed by atoms with van der Waals surface area (Å²) in [5.74, 6) is -2.31. The lowest BCUT2D eigenvalue weighted by atomic mass is 9.80. The number of hydrogen-bond acceptors (Lipinski definition) is 5. The summed E-state index contributed by atoms with van der Waals surface area (Å²) >= 11 is 1.31. The minimum atomic E-state index is -4.22. The number of thiazole rings is 1. The van der Waals surface area contributed by atoms with Gasteiger partial charge in [-0.25, -0.2) is 4.98 Å². The Morgan fingerprint density at radius 2 is 2.12 bits per heavy atom. The van der Waals surface area contributed by atoms with Gasteiger partial charge in [0.2, 0.25) is 5.91 Å². The SMILES string of the molecule is O=C(Nc1nc(CN2CCOCC2)cs1)C1CCCC(C(F)(F)F)C1. The molecule has 0 aromatic carbocycles. The molecule has 5 nitrogen and oxygen atoms in total. The van der Waals surface area contributed by atoms with Gasteiger partial charge in [-0.3, -0.25) is 9.69 Å². The highest BCUT2D eigenvalue weighted by Gasteiger charge is 2.43. The van der Waals surface area contributed by atoms with E-state index in [1.54, 1.807) is 0 Å². The van der Waals surface area contributed by atoms with Crippen molar-refractivity contribution in [2.75, 3.05) is 31.6 Å². The van der Waals surface area contributed by atoms with Gasteiger partial charge in [-0.15, -0.1) is 11.3 Å². The highest BCUT2D eigenvalue weighted by atomic mass is 32.1. The molecule has 1 aliphatic carbocycles. The van der Waals surface area contributed by atoms with Crippen molar-refractivity contribution >= 4 is 22.4 Å². The molecule has 2 aliphatic rings. The molecule has 2 fully saturated rings. The average molecular weight is 377 g/mol. The second-order valence-electron chi connectivity index (χ2n) is 6.62. The summed E-state index contributed by atoms with van der Waals surface area (Å²) in [5.41, 5.74) is 0.860. The minimum Gasteiger partial charge on any atom is -0.379 e. The largest absolute Gasteiger partial charge is 0.391 e. The molecule has 140 valence electrons. The van der Waals surface area contributed by atoms with Crippen LogP contribution in [-0.2, 0) is 16.1 Å². The number of amides is 1. The number of rotatable bonds is 4. The first-order chi connectivity index (χ1) is 11.9. The zero-order valence-corrected chi connectivity index (χ0v) is 14.7. The van der Waals surface area contributed by atoms with Crippen LogP contribution in [0.2, 0.25) is 0 Å². The molecule has 1 amide bonds. The van der Waals surface area contributed by atoms with Crippen molar-refractivity contribution in [1.29, 1.82) is 0 Å². The summed E-state index contributed by atoms with van der Waals surface area (Å²) in [6, 6.07) is 0. The van der Waals surface area contributed by atoms with Crippen LogP contribution in [0.25, 0.3) is 0 Å². The van der Waals surface area contributed by atoms with Crippen LogP contribution in [0.3, 0.4) is 0 Å². The number of hydrogen-bond donors (Lipinski definition) is 1. The summed E-state index contributed by atoms with van der Waals surface area (Å²) in [6.07, 6.45) is -3.28. The van der Waals surface area contributed by atoms with E-state index < -0.39 is 18.0 Å². The molecular weight excluding hydrogens is 355 g/mol. The van der Waals surface area contributed by atoms with Crippen LogP contribution in [-0.4, -0.2) is 48.3 Å². The molecule has 0 spiro atoms. The van der Waals surface area contributed by atoms with Crippen molar-refractivity contribution in [2.45, 2.75) is 38.4 Å². The maximum atomic E-state index is 12.9. The standard InChI is InChI=1S/C16H22F3N3O2S/c17-16(18,19)12-3-1-2-11(8-12)14(23)21-15-20-13(10-25-15)9-22-4-6-24-7-5-22/h10-12H,1-9H2,(H,20,21,23). The van der Waals surface area contributed by atoms with Crippen molar-refractivity contribution in [2.24, 2.45) is 11.8 Å². The Morgan fingerprint density at radius 3 is 2.84 bits per heavy atom. The highest BCUT2D eigenvalue weighted by Crippen LogP contribution is 2.40. The molecule has 3 rings (SSSR count). The Balaban J connectivity index is 1.52. The van der Waals surface area contributed by atoms with Gasteiger partial charge in [0.1, 0.15) is 0 Å². The fourth-order valence-corrected chi connectivity index (χ4v) is 4.06. The Morgan fingerprint density at radius 1 is 1.36 bits per heavy atom. The van der Waals surface area contributed by atoms with Crippen LogP contribution in [0.15, 0.2) is 5.38 Å². The molecule has 9 heteroatoms. The maximum absolute atomic E-state index is 12.9. The molecule has 2 unspecified atom stereocenters. The van der Waals surface area contributed by atoms with Crippen LogP contribution < -0.4 is 5.32 Å². The van der Waals surface area contributed by atoms with Gasteiger partial charge in [-0.05, 0) is 19.3 Å². The van der Waals surface area contributed by atoms with E-state index in [0.29, 0.717) is 37.7 Å². The zero-order chi connectivity index (χ0) is 17.9. The molecule has 0 bridgehead atoms. The van der Waals surface area contributed by atoms with Crippen molar-refractivity contribution < 1.29 is 22.7 Å². The first kappa shape index (κ1) is 18.6. The molecule has 2 heterocycles. The Labute approximate surface area is 148 Å². The number of nitrogens with zero attached hydrogens (tertiary/aromatic N) is 2. The quantitative estimate of drug-likeness (QED) is 0.875. The van der Waals surface area contributed by atoms with E-state index in [-0.39, 0.29) is 18.7 Å². The fraction of sp³-hybridized carbons (Fsp3) is 0.750. The summed E-state index contributed by atoms with van der Waals surface area (Å²) in [6.45, 7) is 3.79. The third-order valence-electron chi connectivity index (χ3n) is 4.78. The number of nitrogens with one attached hydrogen (secondary N) is 1. The van der Waals surface area contributed by atoms with Gasteiger partial charge in [0.25, 0.3) is 0 Å². The summed E-state index contributed by atoms with van der Waals surface area (Å²) < 4.78 is 43.9. The predicted octanol–water partition coefficient (Wildman–Crippen LogP) is 3.28. The summed E-state index contributed by atoms with van der Waals surface area (Å²) in [7, 11) is 0. The van der Waals surface area contributed by atoms with E-state index in [4.69, 9.17) is 4.74 Å². The highest BCUT2D eigenvalue weighted by molar-refractivity contribution is 7.13. The van der Waals surface area contributed by atoms with Gasteiger partial charge >= 0.3 is 6.18 Å². The lowest BCUT2D eigenvalue weighted by Crippen LogP contribution is -2.35. The van der Waals surface area contributed by atoms with E-state index in [2.05, 4.69) is 15.2 Å². The first-order valence-electron chi connectivity index (χ1n) is 8.54. The number of morpholine rings is 1. The van der Waals surface area contributed by atoms with Gasteiger partial charge in [0.05, 0.1) is 24.8 Å². The molecular formula is C16H22F3N3O2S. The molecule has 2 atom stereocenters. The molecule has 25 heavy (non-hydrogen) atoms. The Hall–Kier alpha value is -1.19. The summed E-state index contributed by atoms with van der Waals surface area (Å²) in [4.78, 5) is 18.9. The normalized spacial score (nSPS) is 25.7. The molecule has 1 N–H and O–H groups in total. The van der Waals surface area contributed by atoms with Crippen LogP contribution in [0.5, 0.6) is 0 Å². The molecule has 1 aliphatic heterocycles. The molecule has 1 saturated heterocycles. The van der Waals surface area contributed by atoms with E-state index in [9.17, 15) is 18.0 Å². The van der Waals surface area contributed by atoms with E-state index in [1.807, 2.05) is 5.38 Å². The van der Waals surface area contributed by atoms with Gasteiger partial charge in [-0.1, -0.05) is 6.42 Å².